The Morgan fingerprint density at radius 3 is 2.10 bits per heavy atom. The van der Waals surface area contributed by atoms with Crippen LogP contribution in [0, 0.1) is 6.92 Å². The van der Waals surface area contributed by atoms with Crippen LogP contribution in [0.5, 0.6) is 0 Å². The van der Waals surface area contributed by atoms with E-state index in [-0.39, 0.29) is 17.2 Å². The van der Waals surface area contributed by atoms with Crippen molar-refractivity contribution in [3.05, 3.63) is 108 Å². The van der Waals surface area contributed by atoms with E-state index >= 15 is 0 Å². The number of benzene rings is 3. The first kappa shape index (κ1) is 20.9. The van der Waals surface area contributed by atoms with Crippen LogP contribution in [0.2, 0.25) is 0 Å². The minimum atomic E-state index is -0.345. The molecule has 3 aromatic carbocycles. The first-order valence-corrected chi connectivity index (χ1v) is 11.0. The van der Waals surface area contributed by atoms with Crippen LogP contribution >= 0.6 is 11.8 Å². The molecule has 1 atom stereocenters. The number of amides is 1. The van der Waals surface area contributed by atoms with Crippen LogP contribution in [0.15, 0.2) is 96.4 Å². The SMILES string of the molecule is Cc1ccccc1-n1cnnc1S[C@@H](C)C(=O)NC(c1ccccc1)c1ccccc1. The molecule has 5 nitrogen and oxygen atoms in total. The number of hydrogen-bond donors (Lipinski definition) is 1. The van der Waals surface area contributed by atoms with Gasteiger partial charge in [0.1, 0.15) is 6.33 Å². The fraction of sp³-hybridized carbons (Fsp3) is 0.160. The Labute approximate surface area is 186 Å². The van der Waals surface area contributed by atoms with E-state index in [1.165, 1.54) is 11.8 Å². The van der Waals surface area contributed by atoms with Crippen molar-refractivity contribution in [3.8, 4) is 5.69 Å². The molecule has 0 aliphatic carbocycles. The molecule has 1 heterocycles. The molecule has 0 fully saturated rings. The molecule has 4 aromatic rings. The summed E-state index contributed by atoms with van der Waals surface area (Å²) in [7, 11) is 0. The van der Waals surface area contributed by atoms with Gasteiger partial charge in [-0.1, -0.05) is 90.6 Å². The molecule has 6 heteroatoms. The summed E-state index contributed by atoms with van der Waals surface area (Å²) < 4.78 is 1.93. The van der Waals surface area contributed by atoms with E-state index in [0.717, 1.165) is 22.4 Å². The van der Waals surface area contributed by atoms with Crippen molar-refractivity contribution < 1.29 is 4.79 Å². The lowest BCUT2D eigenvalue weighted by Crippen LogP contribution is -2.35. The van der Waals surface area contributed by atoms with E-state index in [9.17, 15) is 4.79 Å². The van der Waals surface area contributed by atoms with E-state index < -0.39 is 0 Å². The van der Waals surface area contributed by atoms with Gasteiger partial charge in [-0.25, -0.2) is 0 Å². The molecule has 0 bridgehead atoms. The topological polar surface area (TPSA) is 59.8 Å². The summed E-state index contributed by atoms with van der Waals surface area (Å²) in [5.74, 6) is -0.0537. The number of rotatable bonds is 7. The van der Waals surface area contributed by atoms with Crippen molar-refractivity contribution in [1.29, 1.82) is 0 Å². The van der Waals surface area contributed by atoms with Gasteiger partial charge >= 0.3 is 0 Å². The molecule has 0 saturated heterocycles. The average molecular weight is 429 g/mol. The number of hydrogen-bond acceptors (Lipinski definition) is 4. The third-order valence-electron chi connectivity index (χ3n) is 5.10. The number of para-hydroxylation sites is 1. The van der Waals surface area contributed by atoms with Crippen LogP contribution < -0.4 is 5.32 Å². The quantitative estimate of drug-likeness (QED) is 0.423. The average Bonchev–Trinajstić information content (AvgIpc) is 3.26. The minimum Gasteiger partial charge on any atom is -0.344 e. The fourth-order valence-electron chi connectivity index (χ4n) is 3.43. The van der Waals surface area contributed by atoms with Crippen molar-refractivity contribution in [2.45, 2.75) is 30.3 Å². The standard InChI is InChI=1S/C25H24N4OS/c1-18-11-9-10-16-22(18)29-17-26-28-25(29)31-19(2)24(30)27-23(20-12-5-3-6-13-20)21-14-7-4-8-15-21/h3-17,19,23H,1-2H3,(H,27,30)/t19-/m0/s1. The van der Waals surface area contributed by atoms with Gasteiger partial charge in [-0.15, -0.1) is 10.2 Å². The summed E-state index contributed by atoms with van der Waals surface area (Å²) in [5, 5.41) is 11.9. The largest absolute Gasteiger partial charge is 0.344 e. The lowest BCUT2D eigenvalue weighted by molar-refractivity contribution is -0.120. The number of thioether (sulfide) groups is 1. The van der Waals surface area contributed by atoms with Gasteiger partial charge in [0.05, 0.1) is 17.0 Å². The zero-order valence-corrected chi connectivity index (χ0v) is 18.3. The normalized spacial score (nSPS) is 12.0. The van der Waals surface area contributed by atoms with E-state index in [1.54, 1.807) is 6.33 Å². The second-order valence-electron chi connectivity index (χ2n) is 7.29. The molecule has 1 amide bonds. The van der Waals surface area contributed by atoms with Crippen LogP contribution in [0.4, 0.5) is 0 Å². The van der Waals surface area contributed by atoms with E-state index in [2.05, 4.69) is 15.5 Å². The van der Waals surface area contributed by atoms with Crippen molar-refractivity contribution in [3.63, 3.8) is 0 Å². The van der Waals surface area contributed by atoms with Crippen LogP contribution in [-0.2, 0) is 4.79 Å². The number of nitrogens with zero attached hydrogens (tertiary/aromatic N) is 3. The van der Waals surface area contributed by atoms with E-state index in [1.807, 2.05) is 103 Å². The molecule has 156 valence electrons. The highest BCUT2D eigenvalue weighted by Gasteiger charge is 2.23. The second-order valence-corrected chi connectivity index (χ2v) is 8.60. The van der Waals surface area contributed by atoms with Crippen LogP contribution in [0.25, 0.3) is 5.69 Å². The first-order chi connectivity index (χ1) is 15.1. The minimum absolute atomic E-state index is 0.0537. The molecule has 31 heavy (non-hydrogen) atoms. The van der Waals surface area contributed by atoms with Crippen molar-refractivity contribution in [2.24, 2.45) is 0 Å². The maximum atomic E-state index is 13.2. The highest BCUT2D eigenvalue weighted by Crippen LogP contribution is 2.27. The van der Waals surface area contributed by atoms with E-state index in [0.29, 0.717) is 5.16 Å². The number of nitrogens with one attached hydrogen (secondary N) is 1. The number of carbonyl (C=O) groups is 1. The maximum Gasteiger partial charge on any atom is 0.234 e. The Morgan fingerprint density at radius 1 is 0.903 bits per heavy atom. The molecule has 0 aliphatic rings. The summed E-state index contributed by atoms with van der Waals surface area (Å²) >= 11 is 1.40. The fourth-order valence-corrected chi connectivity index (χ4v) is 4.27. The van der Waals surface area contributed by atoms with E-state index in [4.69, 9.17) is 0 Å². The van der Waals surface area contributed by atoms with Crippen LogP contribution in [-0.4, -0.2) is 25.9 Å². The van der Waals surface area contributed by atoms with Gasteiger partial charge in [0.15, 0.2) is 5.16 Å². The molecule has 4 rings (SSSR count). The lowest BCUT2D eigenvalue weighted by Gasteiger charge is -2.22. The number of aryl methyl sites for hydroxylation is 1. The van der Waals surface area contributed by atoms with Gasteiger partial charge in [0.25, 0.3) is 0 Å². The lowest BCUT2D eigenvalue weighted by atomic mass is 9.98. The monoisotopic (exact) mass is 428 g/mol. The molecule has 0 aliphatic heterocycles. The van der Waals surface area contributed by atoms with Gasteiger partial charge in [-0.05, 0) is 36.6 Å². The van der Waals surface area contributed by atoms with Gasteiger partial charge in [0.2, 0.25) is 5.91 Å². The van der Waals surface area contributed by atoms with Gasteiger partial charge in [0, 0.05) is 0 Å². The highest BCUT2D eigenvalue weighted by molar-refractivity contribution is 8.00. The second kappa shape index (κ2) is 9.62. The third-order valence-corrected chi connectivity index (χ3v) is 6.15. The molecule has 0 spiro atoms. The summed E-state index contributed by atoms with van der Waals surface area (Å²) in [6, 6.07) is 27.9. The smallest absolute Gasteiger partial charge is 0.234 e. The molecular formula is C25H24N4OS. The Bertz CT molecular complexity index is 1100. The van der Waals surface area contributed by atoms with Crippen molar-refractivity contribution in [2.75, 3.05) is 0 Å². The highest BCUT2D eigenvalue weighted by atomic mass is 32.2. The number of carbonyl (C=O) groups excluding carboxylic acids is 1. The first-order valence-electron chi connectivity index (χ1n) is 10.2. The Morgan fingerprint density at radius 2 is 1.48 bits per heavy atom. The predicted molar refractivity (Wildman–Crippen MR) is 124 cm³/mol. The van der Waals surface area contributed by atoms with Crippen molar-refractivity contribution >= 4 is 17.7 Å². The molecular weight excluding hydrogens is 404 g/mol. The summed E-state index contributed by atoms with van der Waals surface area (Å²) in [6.07, 6.45) is 1.69. The maximum absolute atomic E-state index is 13.2. The zero-order chi connectivity index (χ0) is 21.6. The Balaban J connectivity index is 1.53. The predicted octanol–water partition coefficient (Wildman–Crippen LogP) is 4.96. The van der Waals surface area contributed by atoms with Crippen LogP contribution in [0.1, 0.15) is 29.7 Å². The summed E-state index contributed by atoms with van der Waals surface area (Å²) in [4.78, 5) is 13.2. The number of aromatic nitrogens is 3. The van der Waals surface area contributed by atoms with Gasteiger partial charge in [-0.2, -0.15) is 0 Å². The molecule has 0 saturated carbocycles. The summed E-state index contributed by atoms with van der Waals surface area (Å²) in [5.41, 5.74) is 4.22. The van der Waals surface area contributed by atoms with Crippen molar-refractivity contribution in [1.82, 2.24) is 20.1 Å². The van der Waals surface area contributed by atoms with Gasteiger partial charge in [-0.3, -0.25) is 9.36 Å². The Kier molecular flexibility index (Phi) is 6.48. The van der Waals surface area contributed by atoms with Crippen LogP contribution in [0.3, 0.4) is 0 Å². The molecule has 0 radical (unpaired) electrons. The molecule has 1 N–H and O–H groups in total. The van der Waals surface area contributed by atoms with Gasteiger partial charge < -0.3 is 5.32 Å². The molecule has 0 unspecified atom stereocenters. The zero-order valence-electron chi connectivity index (χ0n) is 17.5. The Hall–Kier alpha value is -3.38. The molecule has 1 aromatic heterocycles. The summed E-state index contributed by atoms with van der Waals surface area (Å²) in [6.45, 7) is 3.94. The third kappa shape index (κ3) is 4.86.